The number of ketones is 1. The van der Waals surface area contributed by atoms with Crippen molar-refractivity contribution in [3.8, 4) is 0 Å². The van der Waals surface area contributed by atoms with Gasteiger partial charge in [0.05, 0.1) is 13.1 Å². The number of rotatable bonds is 10. The fourth-order valence-corrected chi connectivity index (χ4v) is 2.25. The van der Waals surface area contributed by atoms with Gasteiger partial charge in [-0.05, 0) is 37.9 Å². The average molecular weight is 276 g/mol. The van der Waals surface area contributed by atoms with E-state index in [9.17, 15) is 4.79 Å². The molecule has 0 fully saturated rings. The van der Waals surface area contributed by atoms with E-state index in [1.165, 1.54) is 30.4 Å². The average Bonchev–Trinajstić information content (AvgIpc) is 2.42. The molecule has 0 amide bonds. The number of Topliss-reactive ketones (excluding diaryl/α,β-unsaturated/α-hetero) is 1. The molecule has 1 aromatic rings. The van der Waals surface area contributed by atoms with Crippen LogP contribution in [-0.4, -0.2) is 25.4 Å². The summed E-state index contributed by atoms with van der Waals surface area (Å²) in [5.41, 5.74) is 3.46. The van der Waals surface area contributed by atoms with Crippen LogP contribution >= 0.6 is 0 Å². The third kappa shape index (κ3) is 6.20. The second-order valence-electron chi connectivity index (χ2n) is 5.40. The molecule has 20 heavy (non-hydrogen) atoms. The lowest BCUT2D eigenvalue weighted by Crippen LogP contribution is -2.28. The van der Waals surface area contributed by atoms with Gasteiger partial charge >= 0.3 is 0 Å². The summed E-state index contributed by atoms with van der Waals surface area (Å²) in [5, 5.41) is 6.47. The number of hydrogen-bond donors (Lipinski definition) is 2. The van der Waals surface area contributed by atoms with Crippen LogP contribution in [0, 0.1) is 13.8 Å². The predicted octanol–water partition coefficient (Wildman–Crippen LogP) is 3.45. The van der Waals surface area contributed by atoms with Crippen molar-refractivity contribution in [2.75, 3.05) is 25.0 Å². The number of carbonyl (C=O) groups excluding carboxylic acids is 1. The summed E-state index contributed by atoms with van der Waals surface area (Å²) < 4.78 is 0. The van der Waals surface area contributed by atoms with Crippen molar-refractivity contribution < 1.29 is 4.79 Å². The Labute approximate surface area is 123 Å². The van der Waals surface area contributed by atoms with Crippen LogP contribution in [0.4, 0.5) is 5.69 Å². The Hall–Kier alpha value is -1.35. The zero-order valence-corrected chi connectivity index (χ0v) is 13.1. The number of carbonyl (C=O) groups is 1. The molecule has 0 spiro atoms. The minimum Gasteiger partial charge on any atom is -0.377 e. The maximum absolute atomic E-state index is 11.8. The van der Waals surface area contributed by atoms with E-state index in [0.29, 0.717) is 13.1 Å². The molecule has 0 aliphatic rings. The SMILES string of the molecule is CCCCCCNCC(=O)CNc1c(C)cccc1C. The molecule has 112 valence electrons. The maximum atomic E-state index is 11.8. The number of benzene rings is 1. The highest BCUT2D eigenvalue weighted by molar-refractivity contribution is 5.85. The van der Waals surface area contributed by atoms with E-state index in [0.717, 1.165) is 18.7 Å². The zero-order valence-electron chi connectivity index (χ0n) is 13.1. The number of para-hydroxylation sites is 1. The van der Waals surface area contributed by atoms with Crippen LogP contribution in [-0.2, 0) is 4.79 Å². The van der Waals surface area contributed by atoms with Crippen LogP contribution in [0.15, 0.2) is 18.2 Å². The van der Waals surface area contributed by atoms with E-state index in [4.69, 9.17) is 0 Å². The fourth-order valence-electron chi connectivity index (χ4n) is 2.25. The fraction of sp³-hybridized carbons (Fsp3) is 0.588. The molecular weight excluding hydrogens is 248 g/mol. The van der Waals surface area contributed by atoms with E-state index in [1.807, 2.05) is 6.07 Å². The summed E-state index contributed by atoms with van der Waals surface area (Å²) in [6.45, 7) is 8.13. The summed E-state index contributed by atoms with van der Waals surface area (Å²) >= 11 is 0. The van der Waals surface area contributed by atoms with Crippen LogP contribution in [0.25, 0.3) is 0 Å². The largest absolute Gasteiger partial charge is 0.377 e. The molecule has 0 unspecified atom stereocenters. The second kappa shape index (κ2) is 9.54. The number of anilines is 1. The van der Waals surface area contributed by atoms with Gasteiger partial charge in [0.2, 0.25) is 0 Å². The van der Waals surface area contributed by atoms with Crippen LogP contribution in [0.2, 0.25) is 0 Å². The summed E-state index contributed by atoms with van der Waals surface area (Å²) in [6, 6.07) is 6.16. The topological polar surface area (TPSA) is 41.1 Å². The molecule has 0 aliphatic heterocycles. The first-order valence-electron chi connectivity index (χ1n) is 7.67. The van der Waals surface area contributed by atoms with Gasteiger partial charge in [-0.1, -0.05) is 44.4 Å². The van der Waals surface area contributed by atoms with E-state index < -0.39 is 0 Å². The van der Waals surface area contributed by atoms with Crippen molar-refractivity contribution >= 4 is 11.5 Å². The first-order valence-corrected chi connectivity index (χ1v) is 7.67. The summed E-state index contributed by atoms with van der Waals surface area (Å²) in [4.78, 5) is 11.8. The molecule has 3 nitrogen and oxygen atoms in total. The van der Waals surface area contributed by atoms with Crippen molar-refractivity contribution in [2.45, 2.75) is 46.5 Å². The van der Waals surface area contributed by atoms with Gasteiger partial charge in [0.15, 0.2) is 5.78 Å². The molecule has 1 aromatic carbocycles. The molecule has 3 heteroatoms. The van der Waals surface area contributed by atoms with E-state index in [-0.39, 0.29) is 5.78 Å². The number of unbranched alkanes of at least 4 members (excludes halogenated alkanes) is 3. The van der Waals surface area contributed by atoms with Crippen molar-refractivity contribution in [3.05, 3.63) is 29.3 Å². The molecular formula is C17H28N2O. The summed E-state index contributed by atoms with van der Waals surface area (Å²) in [6.07, 6.45) is 4.94. The Morgan fingerprint density at radius 2 is 1.75 bits per heavy atom. The van der Waals surface area contributed by atoms with Gasteiger partial charge in [-0.2, -0.15) is 0 Å². The molecule has 2 N–H and O–H groups in total. The Morgan fingerprint density at radius 1 is 1.05 bits per heavy atom. The standard InChI is InChI=1S/C17H28N2O/c1-4-5-6-7-11-18-12-16(20)13-19-17-14(2)9-8-10-15(17)3/h8-10,18-19H,4-7,11-13H2,1-3H3. The first kappa shape index (κ1) is 16.7. The van der Waals surface area contributed by atoms with Gasteiger partial charge in [0.25, 0.3) is 0 Å². The minimum absolute atomic E-state index is 0.211. The first-order chi connectivity index (χ1) is 9.65. The van der Waals surface area contributed by atoms with Crippen LogP contribution in [0.3, 0.4) is 0 Å². The number of aryl methyl sites for hydroxylation is 2. The van der Waals surface area contributed by atoms with E-state index >= 15 is 0 Å². The molecule has 0 aromatic heterocycles. The van der Waals surface area contributed by atoms with Crippen LogP contribution in [0.5, 0.6) is 0 Å². The van der Waals surface area contributed by atoms with Crippen LogP contribution < -0.4 is 10.6 Å². The lowest BCUT2D eigenvalue weighted by atomic mass is 10.1. The van der Waals surface area contributed by atoms with Crippen molar-refractivity contribution in [1.82, 2.24) is 5.32 Å². The smallest absolute Gasteiger partial charge is 0.165 e. The Morgan fingerprint density at radius 3 is 2.40 bits per heavy atom. The van der Waals surface area contributed by atoms with Gasteiger partial charge in [0, 0.05) is 5.69 Å². The molecule has 0 atom stereocenters. The minimum atomic E-state index is 0.211. The second-order valence-corrected chi connectivity index (χ2v) is 5.40. The number of hydrogen-bond acceptors (Lipinski definition) is 3. The normalized spacial score (nSPS) is 10.6. The van der Waals surface area contributed by atoms with Gasteiger partial charge in [-0.15, -0.1) is 0 Å². The number of nitrogens with one attached hydrogen (secondary N) is 2. The highest BCUT2D eigenvalue weighted by Crippen LogP contribution is 2.18. The van der Waals surface area contributed by atoms with E-state index in [2.05, 4.69) is 43.5 Å². The Bertz CT molecular complexity index is 395. The van der Waals surface area contributed by atoms with Gasteiger partial charge in [-0.25, -0.2) is 0 Å². The zero-order chi connectivity index (χ0) is 14.8. The predicted molar refractivity (Wildman–Crippen MR) is 86.4 cm³/mol. The molecule has 0 aliphatic carbocycles. The quantitative estimate of drug-likeness (QED) is 0.643. The van der Waals surface area contributed by atoms with E-state index in [1.54, 1.807) is 0 Å². The van der Waals surface area contributed by atoms with Crippen molar-refractivity contribution in [3.63, 3.8) is 0 Å². The van der Waals surface area contributed by atoms with Gasteiger partial charge in [-0.3, -0.25) is 4.79 Å². The Kier molecular flexibility index (Phi) is 7.97. The monoisotopic (exact) mass is 276 g/mol. The maximum Gasteiger partial charge on any atom is 0.165 e. The molecule has 0 saturated carbocycles. The molecule has 0 saturated heterocycles. The summed E-state index contributed by atoms with van der Waals surface area (Å²) in [5.74, 6) is 0.211. The molecule has 0 heterocycles. The highest BCUT2D eigenvalue weighted by Gasteiger charge is 2.04. The Balaban J connectivity index is 2.20. The van der Waals surface area contributed by atoms with Gasteiger partial charge < -0.3 is 10.6 Å². The lowest BCUT2D eigenvalue weighted by molar-refractivity contribution is -0.116. The van der Waals surface area contributed by atoms with Crippen LogP contribution in [0.1, 0.15) is 43.7 Å². The van der Waals surface area contributed by atoms with Gasteiger partial charge in [0.1, 0.15) is 0 Å². The highest BCUT2D eigenvalue weighted by atomic mass is 16.1. The third-order valence-corrected chi connectivity index (χ3v) is 3.47. The molecule has 1 rings (SSSR count). The van der Waals surface area contributed by atoms with Crippen molar-refractivity contribution in [2.24, 2.45) is 0 Å². The molecule has 0 bridgehead atoms. The van der Waals surface area contributed by atoms with Crippen molar-refractivity contribution in [1.29, 1.82) is 0 Å². The lowest BCUT2D eigenvalue weighted by Gasteiger charge is -2.12. The molecule has 0 radical (unpaired) electrons. The third-order valence-electron chi connectivity index (χ3n) is 3.47. The summed E-state index contributed by atoms with van der Waals surface area (Å²) in [7, 11) is 0.